The summed E-state index contributed by atoms with van der Waals surface area (Å²) >= 11 is 6.21. The lowest BCUT2D eigenvalue weighted by Gasteiger charge is -2.19. The minimum absolute atomic E-state index is 0.0431. The highest BCUT2D eigenvalue weighted by Crippen LogP contribution is 2.30. The van der Waals surface area contributed by atoms with Crippen molar-refractivity contribution >= 4 is 29.1 Å². The highest BCUT2D eigenvalue weighted by Gasteiger charge is 2.24. The van der Waals surface area contributed by atoms with Crippen LogP contribution in [0.25, 0.3) is 0 Å². The Morgan fingerprint density at radius 1 is 1.46 bits per heavy atom. The second kappa shape index (κ2) is 7.05. The normalized spacial score (nSPS) is 15.6. The molecule has 3 rings (SSSR count). The second-order valence-electron chi connectivity index (χ2n) is 5.92. The molecular weight excluding hydrogens is 328 g/mol. The Labute approximate surface area is 145 Å². The smallest absolute Gasteiger partial charge is 0.251 e. The number of rotatable bonds is 5. The molecule has 0 unspecified atom stereocenters. The van der Waals surface area contributed by atoms with E-state index in [1.807, 2.05) is 19.2 Å². The lowest BCUT2D eigenvalue weighted by molar-refractivity contribution is -0.117. The van der Waals surface area contributed by atoms with Crippen molar-refractivity contribution < 1.29 is 9.59 Å². The first kappa shape index (κ1) is 16.5. The molecule has 2 aromatic rings. The Balaban J connectivity index is 1.71. The zero-order valence-electron chi connectivity index (χ0n) is 13.4. The lowest BCUT2D eigenvalue weighted by Crippen LogP contribution is -2.36. The predicted molar refractivity (Wildman–Crippen MR) is 92.2 cm³/mol. The van der Waals surface area contributed by atoms with Crippen LogP contribution in [0.1, 0.15) is 30.1 Å². The fourth-order valence-corrected chi connectivity index (χ4v) is 3.02. The molecule has 1 saturated heterocycles. The van der Waals surface area contributed by atoms with Gasteiger partial charge in [0.05, 0.1) is 17.3 Å². The van der Waals surface area contributed by atoms with Crippen molar-refractivity contribution in [3.8, 4) is 0 Å². The van der Waals surface area contributed by atoms with Gasteiger partial charge in [0.15, 0.2) is 0 Å². The molecule has 7 heteroatoms. The number of hydrogen-bond donors (Lipinski definition) is 1. The summed E-state index contributed by atoms with van der Waals surface area (Å²) in [4.78, 5) is 26.0. The second-order valence-corrected chi connectivity index (χ2v) is 6.32. The monoisotopic (exact) mass is 346 g/mol. The molecule has 0 spiro atoms. The third-order valence-electron chi connectivity index (χ3n) is 3.97. The summed E-state index contributed by atoms with van der Waals surface area (Å²) in [6.45, 7) is 3.14. The molecule has 126 valence electrons. The third-order valence-corrected chi connectivity index (χ3v) is 4.29. The van der Waals surface area contributed by atoms with E-state index in [-0.39, 0.29) is 17.9 Å². The molecule has 1 aromatic carbocycles. The van der Waals surface area contributed by atoms with Crippen LogP contribution in [0.2, 0.25) is 5.02 Å². The number of hydrogen-bond acceptors (Lipinski definition) is 3. The minimum atomic E-state index is -0.195. The highest BCUT2D eigenvalue weighted by molar-refractivity contribution is 6.34. The summed E-state index contributed by atoms with van der Waals surface area (Å²) in [5.41, 5.74) is 1.09. The van der Waals surface area contributed by atoms with Gasteiger partial charge in [-0.15, -0.1) is 0 Å². The third kappa shape index (κ3) is 3.59. The van der Waals surface area contributed by atoms with E-state index in [1.165, 1.54) is 0 Å². The number of aromatic nitrogens is 2. The molecule has 1 aliphatic rings. The summed E-state index contributed by atoms with van der Waals surface area (Å²) in [7, 11) is 0. The van der Waals surface area contributed by atoms with Gasteiger partial charge in [0.2, 0.25) is 5.91 Å². The van der Waals surface area contributed by atoms with Crippen LogP contribution in [-0.4, -0.2) is 34.2 Å². The van der Waals surface area contributed by atoms with Gasteiger partial charge in [-0.2, -0.15) is 5.10 Å². The first-order chi connectivity index (χ1) is 11.5. The van der Waals surface area contributed by atoms with Crippen LogP contribution >= 0.6 is 11.6 Å². The molecule has 0 aliphatic carbocycles. The van der Waals surface area contributed by atoms with Crippen LogP contribution < -0.4 is 10.2 Å². The van der Waals surface area contributed by atoms with Crippen LogP contribution in [0.4, 0.5) is 5.69 Å². The molecular formula is C17H19ClN4O2. The molecule has 0 bridgehead atoms. The zero-order chi connectivity index (χ0) is 17.1. The fourth-order valence-electron chi connectivity index (χ4n) is 2.81. The average Bonchev–Trinajstić information content (AvgIpc) is 3.19. The summed E-state index contributed by atoms with van der Waals surface area (Å²) in [5.74, 6) is -0.152. The van der Waals surface area contributed by atoms with Crippen molar-refractivity contribution in [2.45, 2.75) is 32.4 Å². The van der Waals surface area contributed by atoms with E-state index >= 15 is 0 Å². The number of amides is 2. The number of carbonyl (C=O) groups excluding carboxylic acids is 2. The first-order valence-corrected chi connectivity index (χ1v) is 8.30. The predicted octanol–water partition coefficient (Wildman–Crippen LogP) is 2.48. The van der Waals surface area contributed by atoms with Gasteiger partial charge in [0, 0.05) is 37.0 Å². The van der Waals surface area contributed by atoms with E-state index in [0.29, 0.717) is 35.8 Å². The van der Waals surface area contributed by atoms with E-state index in [4.69, 9.17) is 11.6 Å². The van der Waals surface area contributed by atoms with E-state index < -0.39 is 0 Å². The Kier molecular flexibility index (Phi) is 4.85. The SMILES string of the molecule is C[C@@H](Cn1cccn1)NC(=O)c1ccc(Cl)c(N2CCCC2=O)c1. The molecule has 1 aliphatic heterocycles. The summed E-state index contributed by atoms with van der Waals surface area (Å²) in [6, 6.07) is 6.77. The van der Waals surface area contributed by atoms with Gasteiger partial charge in [-0.1, -0.05) is 11.6 Å². The quantitative estimate of drug-likeness (QED) is 0.904. The van der Waals surface area contributed by atoms with Gasteiger partial charge in [0.1, 0.15) is 0 Å². The molecule has 0 radical (unpaired) electrons. The summed E-state index contributed by atoms with van der Waals surface area (Å²) in [5, 5.41) is 7.54. The molecule has 1 atom stereocenters. The minimum Gasteiger partial charge on any atom is -0.348 e. The van der Waals surface area contributed by atoms with Crippen LogP contribution in [0.3, 0.4) is 0 Å². The van der Waals surface area contributed by atoms with Crippen molar-refractivity contribution in [3.63, 3.8) is 0 Å². The molecule has 6 nitrogen and oxygen atoms in total. The van der Waals surface area contributed by atoms with Gasteiger partial charge in [-0.05, 0) is 37.6 Å². The number of anilines is 1. The standard InChI is InChI=1S/C17H19ClN4O2/c1-12(11-21-8-3-7-19-21)20-17(24)13-5-6-14(18)15(10-13)22-9-2-4-16(22)23/h3,5-8,10,12H,2,4,9,11H2,1H3,(H,20,24)/t12-/m0/s1. The number of nitrogens with zero attached hydrogens (tertiary/aromatic N) is 3. The van der Waals surface area contributed by atoms with Gasteiger partial charge in [-0.25, -0.2) is 0 Å². The molecule has 2 amide bonds. The Hall–Kier alpha value is -2.34. The lowest BCUT2D eigenvalue weighted by atomic mass is 10.1. The van der Waals surface area contributed by atoms with Crippen molar-refractivity contribution in [1.82, 2.24) is 15.1 Å². The fraction of sp³-hybridized carbons (Fsp3) is 0.353. The van der Waals surface area contributed by atoms with Crippen molar-refractivity contribution in [2.24, 2.45) is 0 Å². The number of halogens is 1. The number of nitrogens with one attached hydrogen (secondary N) is 1. The Bertz CT molecular complexity index is 745. The van der Waals surface area contributed by atoms with Gasteiger partial charge in [0.25, 0.3) is 5.91 Å². The Morgan fingerprint density at radius 2 is 2.29 bits per heavy atom. The van der Waals surface area contributed by atoms with E-state index in [1.54, 1.807) is 34.0 Å². The first-order valence-electron chi connectivity index (χ1n) is 7.93. The van der Waals surface area contributed by atoms with E-state index in [0.717, 1.165) is 6.42 Å². The van der Waals surface area contributed by atoms with Gasteiger partial charge >= 0.3 is 0 Å². The molecule has 2 heterocycles. The Morgan fingerprint density at radius 3 is 2.96 bits per heavy atom. The molecule has 1 aromatic heterocycles. The molecule has 0 saturated carbocycles. The van der Waals surface area contributed by atoms with Crippen LogP contribution in [0.5, 0.6) is 0 Å². The zero-order valence-corrected chi connectivity index (χ0v) is 14.2. The molecule has 24 heavy (non-hydrogen) atoms. The maximum Gasteiger partial charge on any atom is 0.251 e. The largest absolute Gasteiger partial charge is 0.348 e. The van der Waals surface area contributed by atoms with Gasteiger partial charge < -0.3 is 10.2 Å². The van der Waals surface area contributed by atoms with E-state index in [2.05, 4.69) is 10.4 Å². The van der Waals surface area contributed by atoms with Gasteiger partial charge in [-0.3, -0.25) is 14.3 Å². The van der Waals surface area contributed by atoms with Crippen LogP contribution in [0.15, 0.2) is 36.7 Å². The maximum atomic E-state index is 12.5. The van der Waals surface area contributed by atoms with Crippen LogP contribution in [0, 0.1) is 0 Å². The molecule has 1 fully saturated rings. The van der Waals surface area contributed by atoms with E-state index in [9.17, 15) is 9.59 Å². The highest BCUT2D eigenvalue weighted by atomic mass is 35.5. The van der Waals surface area contributed by atoms with Crippen LogP contribution in [-0.2, 0) is 11.3 Å². The summed E-state index contributed by atoms with van der Waals surface area (Å²) < 4.78 is 1.77. The number of benzene rings is 1. The van der Waals surface area contributed by atoms with Crippen molar-refractivity contribution in [1.29, 1.82) is 0 Å². The van der Waals surface area contributed by atoms with Crippen molar-refractivity contribution in [3.05, 3.63) is 47.2 Å². The maximum absolute atomic E-state index is 12.5. The number of carbonyl (C=O) groups is 2. The topological polar surface area (TPSA) is 67.2 Å². The molecule has 1 N–H and O–H groups in total. The summed E-state index contributed by atoms with van der Waals surface area (Å²) in [6.07, 6.45) is 4.88. The average molecular weight is 347 g/mol. The van der Waals surface area contributed by atoms with Crippen molar-refractivity contribution in [2.75, 3.05) is 11.4 Å².